The Morgan fingerprint density at radius 2 is 2.05 bits per heavy atom. The summed E-state index contributed by atoms with van der Waals surface area (Å²) in [5.41, 5.74) is 2.00. The second-order valence-corrected chi connectivity index (χ2v) is 5.35. The minimum absolute atomic E-state index is 0.0469. The summed E-state index contributed by atoms with van der Waals surface area (Å²) in [5.74, 6) is 0.836. The molecular weight excluding hydrogens is 272 g/mol. The molecule has 1 heterocycles. The van der Waals surface area contributed by atoms with Crippen molar-refractivity contribution in [2.24, 2.45) is 0 Å². The third-order valence-corrected chi connectivity index (χ3v) is 3.77. The molecule has 106 valence electrons. The van der Waals surface area contributed by atoms with E-state index in [4.69, 9.17) is 4.74 Å². The summed E-state index contributed by atoms with van der Waals surface area (Å²) in [5, 5.41) is 8.18. The third kappa shape index (κ3) is 3.82. The Kier molecular flexibility index (Phi) is 5.15. The normalized spacial score (nSPS) is 10.3. The number of thiophene rings is 1. The zero-order valence-electron chi connectivity index (χ0n) is 11.6. The van der Waals surface area contributed by atoms with Crippen LogP contribution < -0.4 is 15.4 Å². The molecule has 0 aliphatic heterocycles. The SMILES string of the molecule is COc1ccccc1CNCc1sccc1NC(C)=O. The second-order valence-electron chi connectivity index (χ2n) is 4.35. The molecular formula is C15H18N2O2S. The summed E-state index contributed by atoms with van der Waals surface area (Å²) < 4.78 is 5.32. The molecule has 0 unspecified atom stereocenters. The molecule has 2 N–H and O–H groups in total. The summed E-state index contributed by atoms with van der Waals surface area (Å²) in [7, 11) is 1.67. The highest BCUT2D eigenvalue weighted by Gasteiger charge is 2.06. The van der Waals surface area contributed by atoms with Crippen LogP contribution in [0.5, 0.6) is 5.75 Å². The van der Waals surface area contributed by atoms with Gasteiger partial charge in [0.15, 0.2) is 0 Å². The summed E-state index contributed by atoms with van der Waals surface area (Å²) >= 11 is 1.63. The molecule has 1 aromatic heterocycles. The highest BCUT2D eigenvalue weighted by Crippen LogP contribution is 2.22. The molecule has 0 aliphatic carbocycles. The molecule has 0 bridgehead atoms. The Labute approximate surface area is 122 Å². The van der Waals surface area contributed by atoms with Crippen LogP contribution in [0.2, 0.25) is 0 Å². The number of anilines is 1. The number of methoxy groups -OCH3 is 1. The van der Waals surface area contributed by atoms with Crippen molar-refractivity contribution in [2.75, 3.05) is 12.4 Å². The molecule has 0 fully saturated rings. The fourth-order valence-corrected chi connectivity index (χ4v) is 2.74. The Morgan fingerprint density at radius 3 is 2.80 bits per heavy atom. The van der Waals surface area contributed by atoms with E-state index in [1.807, 2.05) is 35.7 Å². The molecule has 0 aliphatic rings. The molecule has 0 saturated carbocycles. The van der Waals surface area contributed by atoms with Crippen molar-refractivity contribution in [1.29, 1.82) is 0 Å². The van der Waals surface area contributed by atoms with Gasteiger partial charge in [-0.3, -0.25) is 4.79 Å². The van der Waals surface area contributed by atoms with Crippen molar-refractivity contribution in [1.82, 2.24) is 5.32 Å². The van der Waals surface area contributed by atoms with Gasteiger partial charge in [0, 0.05) is 30.5 Å². The number of rotatable bonds is 6. The first-order valence-corrected chi connectivity index (χ1v) is 7.25. The first kappa shape index (κ1) is 14.6. The van der Waals surface area contributed by atoms with Gasteiger partial charge in [0.1, 0.15) is 5.75 Å². The van der Waals surface area contributed by atoms with Gasteiger partial charge in [-0.2, -0.15) is 0 Å². The lowest BCUT2D eigenvalue weighted by Crippen LogP contribution is -2.14. The molecule has 1 amide bonds. The summed E-state index contributed by atoms with van der Waals surface area (Å²) in [6, 6.07) is 9.86. The van der Waals surface area contributed by atoms with Gasteiger partial charge >= 0.3 is 0 Å². The number of benzene rings is 1. The van der Waals surface area contributed by atoms with Gasteiger partial charge in [-0.25, -0.2) is 0 Å². The molecule has 0 atom stereocenters. The number of hydrogen-bond donors (Lipinski definition) is 2. The van der Waals surface area contributed by atoms with Crippen molar-refractivity contribution in [3.63, 3.8) is 0 Å². The summed E-state index contributed by atoms with van der Waals surface area (Å²) in [6.07, 6.45) is 0. The standard InChI is InChI=1S/C15H18N2O2S/c1-11(18)17-13-7-8-20-15(13)10-16-9-12-5-3-4-6-14(12)19-2/h3-8,16H,9-10H2,1-2H3,(H,17,18). The minimum Gasteiger partial charge on any atom is -0.496 e. The molecule has 1 aromatic carbocycles. The Morgan fingerprint density at radius 1 is 1.25 bits per heavy atom. The Bertz CT molecular complexity index is 581. The van der Waals surface area contributed by atoms with E-state index in [0.717, 1.165) is 28.4 Å². The lowest BCUT2D eigenvalue weighted by atomic mass is 10.2. The number of carbonyl (C=O) groups is 1. The monoisotopic (exact) mass is 290 g/mol. The van der Waals surface area contributed by atoms with Gasteiger partial charge in [-0.15, -0.1) is 11.3 Å². The zero-order valence-corrected chi connectivity index (χ0v) is 12.4. The zero-order chi connectivity index (χ0) is 14.4. The molecule has 2 aromatic rings. The molecule has 0 saturated heterocycles. The van der Waals surface area contributed by atoms with Crippen LogP contribution in [-0.4, -0.2) is 13.0 Å². The molecule has 0 radical (unpaired) electrons. The largest absolute Gasteiger partial charge is 0.496 e. The van der Waals surface area contributed by atoms with Crippen LogP contribution in [0.1, 0.15) is 17.4 Å². The van der Waals surface area contributed by atoms with Gasteiger partial charge in [0.25, 0.3) is 0 Å². The lowest BCUT2D eigenvalue weighted by Gasteiger charge is -2.10. The fourth-order valence-electron chi connectivity index (χ4n) is 1.94. The van der Waals surface area contributed by atoms with Gasteiger partial charge in [-0.05, 0) is 17.5 Å². The maximum Gasteiger partial charge on any atom is 0.221 e. The van der Waals surface area contributed by atoms with E-state index >= 15 is 0 Å². The summed E-state index contributed by atoms with van der Waals surface area (Å²) in [4.78, 5) is 12.2. The third-order valence-electron chi connectivity index (χ3n) is 2.85. The highest BCUT2D eigenvalue weighted by atomic mass is 32.1. The van der Waals surface area contributed by atoms with E-state index in [0.29, 0.717) is 6.54 Å². The van der Waals surface area contributed by atoms with Crippen molar-refractivity contribution in [2.45, 2.75) is 20.0 Å². The van der Waals surface area contributed by atoms with Gasteiger partial charge in [0.05, 0.1) is 12.8 Å². The number of hydrogen-bond acceptors (Lipinski definition) is 4. The molecule has 20 heavy (non-hydrogen) atoms. The van der Waals surface area contributed by atoms with E-state index in [1.54, 1.807) is 18.4 Å². The Hall–Kier alpha value is -1.85. The predicted octanol–water partition coefficient (Wildman–Crippen LogP) is 3.00. The summed E-state index contributed by atoms with van der Waals surface area (Å²) in [6.45, 7) is 2.95. The van der Waals surface area contributed by atoms with Crippen LogP contribution in [0.4, 0.5) is 5.69 Å². The number of ether oxygens (including phenoxy) is 1. The average Bonchev–Trinajstić information content (AvgIpc) is 2.86. The van der Waals surface area contributed by atoms with E-state index in [9.17, 15) is 4.79 Å². The van der Waals surface area contributed by atoms with E-state index in [1.165, 1.54) is 6.92 Å². The number of amides is 1. The van der Waals surface area contributed by atoms with Crippen LogP contribution in [0, 0.1) is 0 Å². The van der Waals surface area contributed by atoms with Crippen molar-refractivity contribution < 1.29 is 9.53 Å². The maximum absolute atomic E-state index is 11.1. The topological polar surface area (TPSA) is 50.4 Å². The van der Waals surface area contributed by atoms with Gasteiger partial charge in [-0.1, -0.05) is 18.2 Å². The van der Waals surface area contributed by atoms with Crippen molar-refractivity contribution >= 4 is 22.9 Å². The predicted molar refractivity (Wildman–Crippen MR) is 82.2 cm³/mol. The smallest absolute Gasteiger partial charge is 0.221 e. The Balaban J connectivity index is 1.93. The maximum atomic E-state index is 11.1. The number of para-hydroxylation sites is 1. The van der Waals surface area contributed by atoms with E-state index in [2.05, 4.69) is 10.6 Å². The lowest BCUT2D eigenvalue weighted by molar-refractivity contribution is -0.114. The molecule has 2 rings (SSSR count). The highest BCUT2D eigenvalue weighted by molar-refractivity contribution is 7.10. The number of nitrogens with one attached hydrogen (secondary N) is 2. The molecule has 5 heteroatoms. The van der Waals surface area contributed by atoms with Crippen LogP contribution in [0.15, 0.2) is 35.7 Å². The van der Waals surface area contributed by atoms with Crippen LogP contribution in [-0.2, 0) is 17.9 Å². The van der Waals surface area contributed by atoms with Crippen LogP contribution in [0.25, 0.3) is 0 Å². The number of carbonyl (C=O) groups excluding carboxylic acids is 1. The van der Waals surface area contributed by atoms with Crippen molar-refractivity contribution in [3.8, 4) is 5.75 Å². The van der Waals surface area contributed by atoms with E-state index < -0.39 is 0 Å². The quantitative estimate of drug-likeness (QED) is 0.860. The van der Waals surface area contributed by atoms with Gasteiger partial charge in [0.2, 0.25) is 5.91 Å². The first-order chi connectivity index (χ1) is 9.70. The first-order valence-electron chi connectivity index (χ1n) is 6.37. The molecule has 0 spiro atoms. The fraction of sp³-hybridized carbons (Fsp3) is 0.267. The van der Waals surface area contributed by atoms with Crippen LogP contribution >= 0.6 is 11.3 Å². The minimum atomic E-state index is -0.0469. The van der Waals surface area contributed by atoms with Crippen molar-refractivity contribution in [3.05, 3.63) is 46.2 Å². The van der Waals surface area contributed by atoms with Crippen LogP contribution in [0.3, 0.4) is 0 Å². The molecule has 4 nitrogen and oxygen atoms in total. The second kappa shape index (κ2) is 7.07. The van der Waals surface area contributed by atoms with Gasteiger partial charge < -0.3 is 15.4 Å². The van der Waals surface area contributed by atoms with E-state index in [-0.39, 0.29) is 5.91 Å². The average molecular weight is 290 g/mol.